The first-order valence-corrected chi connectivity index (χ1v) is 10.8. The normalized spacial score (nSPS) is 26.3. The molecule has 1 aromatic heterocycles. The van der Waals surface area contributed by atoms with Crippen molar-refractivity contribution in [3.63, 3.8) is 0 Å². The highest BCUT2D eigenvalue weighted by atomic mass is 16.3. The molecule has 4 rings (SSSR count). The molecule has 0 spiro atoms. The third-order valence-corrected chi connectivity index (χ3v) is 6.44. The van der Waals surface area contributed by atoms with Crippen LogP contribution in [0.15, 0.2) is 18.6 Å². The molecule has 1 aromatic rings. The van der Waals surface area contributed by atoms with Crippen LogP contribution in [0.2, 0.25) is 0 Å². The van der Waals surface area contributed by atoms with E-state index in [1.54, 1.807) is 0 Å². The average molecular weight is 447 g/mol. The first-order valence-electron chi connectivity index (χ1n) is 10.8. The summed E-state index contributed by atoms with van der Waals surface area (Å²) < 4.78 is 0. The lowest BCUT2D eigenvalue weighted by atomic mass is 9.72. The van der Waals surface area contributed by atoms with E-state index >= 15 is 0 Å². The largest absolute Gasteiger partial charge is 0.483 e. The molecule has 3 fully saturated rings. The fraction of sp³-hybridized carbons (Fsp3) is 0.619. The Hall–Kier alpha value is -3.08. The summed E-state index contributed by atoms with van der Waals surface area (Å²) in [4.78, 5) is 57.8. The average Bonchev–Trinajstić information content (AvgIpc) is 2.80. The number of piperidine rings is 3. The first-order chi connectivity index (χ1) is 15.5. The van der Waals surface area contributed by atoms with Crippen molar-refractivity contribution in [2.75, 3.05) is 26.2 Å². The zero-order valence-corrected chi connectivity index (χ0v) is 17.8. The summed E-state index contributed by atoms with van der Waals surface area (Å²) in [6, 6.07) is -0.0370. The zero-order valence-electron chi connectivity index (χ0n) is 17.8. The SMILES string of the molecule is O=C(NC[C@H]1[C@H]2C[C@H](CN(C(=O)CCO)C2)[C@@H]2CCCC(=O)N21)c1cnccn1.O=CO. The third-order valence-electron chi connectivity index (χ3n) is 6.44. The molecule has 4 atom stereocenters. The Morgan fingerprint density at radius 3 is 2.69 bits per heavy atom. The highest BCUT2D eigenvalue weighted by Gasteiger charge is 2.49. The van der Waals surface area contributed by atoms with Gasteiger partial charge in [-0.1, -0.05) is 0 Å². The minimum Gasteiger partial charge on any atom is -0.483 e. The molecule has 3 aliphatic heterocycles. The molecule has 0 saturated carbocycles. The molecular formula is C21H29N5O6. The van der Waals surface area contributed by atoms with E-state index in [0.29, 0.717) is 26.1 Å². The number of likely N-dealkylation sites (tertiary alicyclic amines) is 1. The van der Waals surface area contributed by atoms with Crippen LogP contribution in [-0.2, 0) is 14.4 Å². The van der Waals surface area contributed by atoms with Crippen molar-refractivity contribution in [1.29, 1.82) is 0 Å². The molecule has 0 radical (unpaired) electrons. The second-order valence-corrected chi connectivity index (χ2v) is 8.26. The maximum absolute atomic E-state index is 12.8. The maximum atomic E-state index is 12.8. The third kappa shape index (κ3) is 5.21. The summed E-state index contributed by atoms with van der Waals surface area (Å²) in [6.07, 6.45) is 7.80. The van der Waals surface area contributed by atoms with E-state index in [2.05, 4.69) is 15.3 Å². The zero-order chi connectivity index (χ0) is 23.1. The first kappa shape index (κ1) is 23.6. The van der Waals surface area contributed by atoms with Gasteiger partial charge in [0.05, 0.1) is 18.8 Å². The molecule has 3 amide bonds. The molecule has 3 N–H and O–H groups in total. The Bertz CT molecular complexity index is 822. The highest BCUT2D eigenvalue weighted by molar-refractivity contribution is 5.91. The van der Waals surface area contributed by atoms with Gasteiger partial charge in [-0.05, 0) is 31.1 Å². The van der Waals surface area contributed by atoms with Gasteiger partial charge in [-0.3, -0.25) is 24.2 Å². The number of rotatable bonds is 5. The fourth-order valence-corrected chi connectivity index (χ4v) is 5.20. The summed E-state index contributed by atoms with van der Waals surface area (Å²) in [5.41, 5.74) is 0.242. The molecule has 2 bridgehead atoms. The number of amides is 3. The second kappa shape index (κ2) is 11.0. The van der Waals surface area contributed by atoms with Crippen molar-refractivity contribution < 1.29 is 29.4 Å². The van der Waals surface area contributed by atoms with E-state index in [0.717, 1.165) is 19.3 Å². The Balaban J connectivity index is 0.000000913. The van der Waals surface area contributed by atoms with Crippen molar-refractivity contribution in [3.05, 3.63) is 24.3 Å². The van der Waals surface area contributed by atoms with E-state index in [1.807, 2.05) is 9.80 Å². The Labute approximate surface area is 185 Å². The molecular weight excluding hydrogens is 418 g/mol. The van der Waals surface area contributed by atoms with Crippen LogP contribution in [0.1, 0.15) is 42.6 Å². The van der Waals surface area contributed by atoms with Gasteiger partial charge in [-0.2, -0.15) is 0 Å². The van der Waals surface area contributed by atoms with E-state index < -0.39 is 0 Å². The van der Waals surface area contributed by atoms with Gasteiger partial charge in [0.15, 0.2) is 0 Å². The molecule has 11 heteroatoms. The van der Waals surface area contributed by atoms with Crippen LogP contribution >= 0.6 is 0 Å². The summed E-state index contributed by atoms with van der Waals surface area (Å²) in [5.74, 6) is 0.152. The molecule has 32 heavy (non-hydrogen) atoms. The summed E-state index contributed by atoms with van der Waals surface area (Å²) in [7, 11) is 0. The summed E-state index contributed by atoms with van der Waals surface area (Å²) in [6.45, 7) is 1.12. The van der Waals surface area contributed by atoms with Crippen molar-refractivity contribution >= 4 is 24.2 Å². The predicted octanol–water partition coefficient (Wildman–Crippen LogP) is -0.482. The molecule has 3 saturated heterocycles. The molecule has 174 valence electrons. The monoisotopic (exact) mass is 447 g/mol. The van der Waals surface area contributed by atoms with Gasteiger partial charge in [0.25, 0.3) is 12.4 Å². The quantitative estimate of drug-likeness (QED) is 0.512. The van der Waals surface area contributed by atoms with Crippen LogP contribution in [0.25, 0.3) is 0 Å². The maximum Gasteiger partial charge on any atom is 0.290 e. The Morgan fingerprint density at radius 1 is 1.25 bits per heavy atom. The van der Waals surface area contributed by atoms with Crippen molar-refractivity contribution in [3.8, 4) is 0 Å². The van der Waals surface area contributed by atoms with Crippen molar-refractivity contribution in [2.45, 2.75) is 44.2 Å². The summed E-state index contributed by atoms with van der Waals surface area (Å²) >= 11 is 0. The van der Waals surface area contributed by atoms with Gasteiger partial charge in [0.1, 0.15) is 5.69 Å². The lowest BCUT2D eigenvalue weighted by Crippen LogP contribution is -2.67. The van der Waals surface area contributed by atoms with Gasteiger partial charge in [0, 0.05) is 50.9 Å². The van der Waals surface area contributed by atoms with E-state index in [1.165, 1.54) is 18.6 Å². The van der Waals surface area contributed by atoms with Crippen LogP contribution in [0.5, 0.6) is 0 Å². The number of aromatic nitrogens is 2. The number of carboxylic acid groups (broad SMARTS) is 1. The minimum atomic E-state index is -0.315. The standard InChI is InChI=1S/C20H27N5O4.CH2O2/c26-7-4-18(27)24-11-13-8-14(12-24)17(25-16(13)2-1-3-19(25)28)10-23-20(29)15-9-21-5-6-22-15;2-1-3/h5-6,9,13-14,16-17,26H,1-4,7-8,10-12H2,(H,23,29);1H,(H,2,3)/t13-,14+,16+,17+;/m1./s1. The minimum absolute atomic E-state index is 0.0415. The van der Waals surface area contributed by atoms with Crippen LogP contribution in [0.3, 0.4) is 0 Å². The molecule has 3 aliphatic rings. The van der Waals surface area contributed by atoms with Crippen LogP contribution in [-0.4, -0.2) is 92.5 Å². The number of hydrogen-bond donors (Lipinski definition) is 3. The van der Waals surface area contributed by atoms with Crippen molar-refractivity contribution in [2.24, 2.45) is 11.8 Å². The molecule has 0 aromatic carbocycles. The lowest BCUT2D eigenvalue weighted by Gasteiger charge is -2.56. The van der Waals surface area contributed by atoms with Crippen LogP contribution < -0.4 is 5.32 Å². The van der Waals surface area contributed by atoms with Crippen molar-refractivity contribution in [1.82, 2.24) is 25.1 Å². The van der Waals surface area contributed by atoms with Gasteiger partial charge >= 0.3 is 0 Å². The number of nitrogens with one attached hydrogen (secondary N) is 1. The van der Waals surface area contributed by atoms with Gasteiger partial charge < -0.3 is 25.3 Å². The molecule has 0 unspecified atom stereocenters. The number of carbonyl (C=O) groups is 4. The van der Waals surface area contributed by atoms with Gasteiger partial charge in [0.2, 0.25) is 11.8 Å². The number of fused-ring (bicyclic) bond motifs is 4. The topological polar surface area (TPSA) is 153 Å². The highest BCUT2D eigenvalue weighted by Crippen LogP contribution is 2.41. The number of aliphatic hydroxyl groups is 1. The Morgan fingerprint density at radius 2 is 2.00 bits per heavy atom. The molecule has 0 aliphatic carbocycles. The van der Waals surface area contributed by atoms with E-state index in [4.69, 9.17) is 15.0 Å². The molecule has 4 heterocycles. The van der Waals surface area contributed by atoms with E-state index in [-0.39, 0.29) is 66.8 Å². The van der Waals surface area contributed by atoms with Gasteiger partial charge in [-0.15, -0.1) is 0 Å². The smallest absolute Gasteiger partial charge is 0.290 e. The summed E-state index contributed by atoms with van der Waals surface area (Å²) in [5, 5.41) is 18.9. The van der Waals surface area contributed by atoms with Gasteiger partial charge in [-0.25, -0.2) is 4.98 Å². The van der Waals surface area contributed by atoms with Crippen LogP contribution in [0, 0.1) is 11.8 Å². The number of aliphatic hydroxyl groups excluding tert-OH is 1. The Kier molecular flexibility index (Phi) is 8.09. The van der Waals surface area contributed by atoms with Crippen LogP contribution in [0.4, 0.5) is 0 Å². The molecule has 11 nitrogen and oxygen atoms in total. The lowest BCUT2D eigenvalue weighted by molar-refractivity contribution is -0.156. The second-order valence-electron chi connectivity index (χ2n) is 8.26. The number of nitrogens with zero attached hydrogens (tertiary/aromatic N) is 4. The number of carbonyl (C=O) groups excluding carboxylic acids is 3. The van der Waals surface area contributed by atoms with E-state index in [9.17, 15) is 14.4 Å². The number of hydrogen-bond acceptors (Lipinski definition) is 7. The fourth-order valence-electron chi connectivity index (χ4n) is 5.20. The predicted molar refractivity (Wildman–Crippen MR) is 111 cm³/mol.